The number of aryl methyl sites for hydroxylation is 1. The van der Waals surface area contributed by atoms with Crippen LogP contribution in [-0.4, -0.2) is 34.8 Å². The van der Waals surface area contributed by atoms with Crippen molar-refractivity contribution in [3.05, 3.63) is 53.6 Å². The van der Waals surface area contributed by atoms with E-state index in [1.807, 2.05) is 11.0 Å². The fraction of sp³-hybridized carbons (Fsp3) is 0.389. The fourth-order valence-electron chi connectivity index (χ4n) is 2.99. The Morgan fingerprint density at radius 2 is 2.08 bits per heavy atom. The fourth-order valence-corrected chi connectivity index (χ4v) is 2.99. The smallest absolute Gasteiger partial charge is 0.268 e. The lowest BCUT2D eigenvalue weighted by atomic mass is 10.1. The van der Waals surface area contributed by atoms with E-state index in [0.717, 1.165) is 5.56 Å². The highest BCUT2D eigenvalue weighted by molar-refractivity contribution is 5.92. The SMILES string of the molecule is Cn1cccc1C(=O)NCc1ccc(N2CCC(O)CC2)c(F)c1. The van der Waals surface area contributed by atoms with Crippen molar-refractivity contribution in [3.63, 3.8) is 0 Å². The van der Waals surface area contributed by atoms with Gasteiger partial charge in [-0.25, -0.2) is 4.39 Å². The number of aliphatic hydroxyl groups excluding tert-OH is 1. The minimum absolute atomic E-state index is 0.183. The van der Waals surface area contributed by atoms with Crippen LogP contribution >= 0.6 is 0 Å². The van der Waals surface area contributed by atoms with Gasteiger partial charge in [-0.3, -0.25) is 4.79 Å². The van der Waals surface area contributed by atoms with Crippen LogP contribution in [0.5, 0.6) is 0 Å². The first kappa shape index (κ1) is 16.5. The Labute approximate surface area is 140 Å². The van der Waals surface area contributed by atoms with Crippen molar-refractivity contribution in [2.45, 2.75) is 25.5 Å². The second-order valence-electron chi connectivity index (χ2n) is 6.19. The van der Waals surface area contributed by atoms with Crippen molar-refractivity contribution >= 4 is 11.6 Å². The van der Waals surface area contributed by atoms with E-state index in [-0.39, 0.29) is 24.4 Å². The van der Waals surface area contributed by atoms with Crippen molar-refractivity contribution in [1.29, 1.82) is 0 Å². The molecule has 3 rings (SSSR count). The van der Waals surface area contributed by atoms with E-state index in [1.165, 1.54) is 6.07 Å². The zero-order valence-corrected chi connectivity index (χ0v) is 13.7. The van der Waals surface area contributed by atoms with Crippen LogP contribution in [0.2, 0.25) is 0 Å². The number of hydrogen-bond donors (Lipinski definition) is 2. The zero-order valence-electron chi connectivity index (χ0n) is 13.7. The van der Waals surface area contributed by atoms with Crippen molar-refractivity contribution in [2.75, 3.05) is 18.0 Å². The van der Waals surface area contributed by atoms with Crippen LogP contribution in [0.25, 0.3) is 0 Å². The summed E-state index contributed by atoms with van der Waals surface area (Å²) in [7, 11) is 1.80. The van der Waals surface area contributed by atoms with Crippen LogP contribution in [0, 0.1) is 5.82 Å². The number of piperidine rings is 1. The molecule has 1 aromatic heterocycles. The molecule has 0 unspecified atom stereocenters. The molecule has 1 aliphatic rings. The molecule has 2 aromatic rings. The Hall–Kier alpha value is -2.34. The van der Waals surface area contributed by atoms with Crippen molar-refractivity contribution in [1.82, 2.24) is 9.88 Å². The van der Waals surface area contributed by atoms with Gasteiger partial charge in [0.15, 0.2) is 0 Å². The zero-order chi connectivity index (χ0) is 17.1. The number of aromatic nitrogens is 1. The van der Waals surface area contributed by atoms with E-state index in [2.05, 4.69) is 5.32 Å². The van der Waals surface area contributed by atoms with Crippen molar-refractivity contribution in [2.24, 2.45) is 7.05 Å². The molecule has 5 nitrogen and oxygen atoms in total. The highest BCUT2D eigenvalue weighted by atomic mass is 19.1. The molecule has 2 heterocycles. The average molecular weight is 331 g/mol. The molecule has 6 heteroatoms. The quantitative estimate of drug-likeness (QED) is 0.902. The number of rotatable bonds is 4. The molecule has 24 heavy (non-hydrogen) atoms. The third kappa shape index (κ3) is 3.59. The summed E-state index contributed by atoms with van der Waals surface area (Å²) < 4.78 is 16.1. The Balaban J connectivity index is 1.62. The normalized spacial score (nSPS) is 15.5. The monoisotopic (exact) mass is 331 g/mol. The first-order valence-corrected chi connectivity index (χ1v) is 8.15. The number of hydrogen-bond acceptors (Lipinski definition) is 3. The number of halogens is 1. The summed E-state index contributed by atoms with van der Waals surface area (Å²) in [6.07, 6.45) is 2.84. The van der Waals surface area contributed by atoms with Gasteiger partial charge in [-0.1, -0.05) is 6.07 Å². The maximum Gasteiger partial charge on any atom is 0.268 e. The van der Waals surface area contributed by atoms with Crippen LogP contribution in [0.3, 0.4) is 0 Å². The Kier molecular flexibility index (Phi) is 4.85. The van der Waals surface area contributed by atoms with Crippen LogP contribution in [-0.2, 0) is 13.6 Å². The summed E-state index contributed by atoms with van der Waals surface area (Å²) in [5, 5.41) is 12.3. The lowest BCUT2D eigenvalue weighted by molar-refractivity contribution is 0.0942. The number of anilines is 1. The molecule has 0 radical (unpaired) electrons. The second kappa shape index (κ2) is 7.05. The Bertz CT molecular complexity index is 721. The number of nitrogens with one attached hydrogen (secondary N) is 1. The number of aliphatic hydroxyl groups is 1. The van der Waals surface area contributed by atoms with Crippen LogP contribution in [0.15, 0.2) is 36.5 Å². The Morgan fingerprint density at radius 3 is 2.71 bits per heavy atom. The first-order chi connectivity index (χ1) is 11.5. The summed E-state index contributed by atoms with van der Waals surface area (Å²) in [6.45, 7) is 1.59. The van der Waals surface area contributed by atoms with E-state index < -0.39 is 0 Å². The van der Waals surface area contributed by atoms with Gasteiger partial charge in [-0.05, 0) is 42.7 Å². The third-order valence-corrected chi connectivity index (χ3v) is 4.45. The molecule has 128 valence electrons. The van der Waals surface area contributed by atoms with Gasteiger partial charge in [0.2, 0.25) is 0 Å². The maximum atomic E-state index is 14.4. The highest BCUT2D eigenvalue weighted by Crippen LogP contribution is 2.24. The van der Waals surface area contributed by atoms with Crippen LogP contribution in [0.1, 0.15) is 28.9 Å². The van der Waals surface area contributed by atoms with Gasteiger partial charge in [-0.15, -0.1) is 0 Å². The molecule has 0 aliphatic carbocycles. The minimum atomic E-state index is -0.294. The van der Waals surface area contributed by atoms with Gasteiger partial charge >= 0.3 is 0 Å². The van der Waals surface area contributed by atoms with E-state index in [4.69, 9.17) is 0 Å². The largest absolute Gasteiger partial charge is 0.393 e. The number of nitrogens with zero attached hydrogens (tertiary/aromatic N) is 2. The van der Waals surface area contributed by atoms with Gasteiger partial charge in [-0.2, -0.15) is 0 Å². The second-order valence-corrected chi connectivity index (χ2v) is 6.19. The van der Waals surface area contributed by atoms with E-state index >= 15 is 0 Å². The lowest BCUT2D eigenvalue weighted by Gasteiger charge is -2.31. The van der Waals surface area contributed by atoms with Crippen molar-refractivity contribution < 1.29 is 14.3 Å². The van der Waals surface area contributed by atoms with E-state index in [9.17, 15) is 14.3 Å². The molecule has 1 aliphatic heterocycles. The van der Waals surface area contributed by atoms with Crippen molar-refractivity contribution in [3.8, 4) is 0 Å². The van der Waals surface area contributed by atoms with Gasteiger partial charge in [0.1, 0.15) is 11.5 Å². The lowest BCUT2D eigenvalue weighted by Crippen LogP contribution is -2.36. The predicted molar refractivity (Wildman–Crippen MR) is 90.4 cm³/mol. The molecule has 0 bridgehead atoms. The molecular formula is C18H22FN3O2. The van der Waals surface area contributed by atoms with Gasteiger partial charge < -0.3 is 19.9 Å². The van der Waals surface area contributed by atoms with Crippen LogP contribution in [0.4, 0.5) is 10.1 Å². The third-order valence-electron chi connectivity index (χ3n) is 4.45. The molecule has 0 spiro atoms. The molecule has 1 amide bonds. The molecular weight excluding hydrogens is 309 g/mol. The standard InChI is InChI=1S/C18H22FN3O2/c1-21-8-2-3-17(21)18(24)20-12-13-4-5-16(15(19)11-13)22-9-6-14(23)7-10-22/h2-5,8,11,14,23H,6-7,9-10,12H2,1H3,(H,20,24). The molecule has 1 saturated heterocycles. The Morgan fingerprint density at radius 1 is 1.33 bits per heavy atom. The molecule has 0 atom stereocenters. The summed E-state index contributed by atoms with van der Waals surface area (Å²) in [5.74, 6) is -0.478. The molecule has 1 aromatic carbocycles. The topological polar surface area (TPSA) is 57.5 Å². The van der Waals surface area contributed by atoms with E-state index in [1.54, 1.807) is 36.0 Å². The molecule has 1 fully saturated rings. The predicted octanol–water partition coefficient (Wildman–Crippen LogP) is 2.06. The number of benzene rings is 1. The summed E-state index contributed by atoms with van der Waals surface area (Å²) in [4.78, 5) is 14.0. The highest BCUT2D eigenvalue weighted by Gasteiger charge is 2.19. The maximum absolute atomic E-state index is 14.4. The number of amides is 1. The van der Waals surface area contributed by atoms with Gasteiger partial charge in [0, 0.05) is 32.9 Å². The minimum Gasteiger partial charge on any atom is -0.393 e. The van der Waals surface area contributed by atoms with Gasteiger partial charge in [0.05, 0.1) is 11.8 Å². The number of carbonyl (C=O) groups excluding carboxylic acids is 1. The first-order valence-electron chi connectivity index (χ1n) is 8.15. The average Bonchev–Trinajstić information content (AvgIpc) is 3.00. The van der Waals surface area contributed by atoms with Gasteiger partial charge in [0.25, 0.3) is 5.91 Å². The molecule has 2 N–H and O–H groups in total. The summed E-state index contributed by atoms with van der Waals surface area (Å²) in [5.41, 5.74) is 1.84. The summed E-state index contributed by atoms with van der Waals surface area (Å²) in [6, 6.07) is 8.58. The number of carbonyl (C=O) groups is 1. The molecule has 0 saturated carbocycles. The van der Waals surface area contributed by atoms with E-state index in [0.29, 0.717) is 37.3 Å². The van der Waals surface area contributed by atoms with Crippen LogP contribution < -0.4 is 10.2 Å². The summed E-state index contributed by atoms with van der Waals surface area (Å²) >= 11 is 0.